The molecule has 1 aromatic rings. The first-order valence-corrected chi connectivity index (χ1v) is 7.88. The second-order valence-electron chi connectivity index (χ2n) is 4.86. The van der Waals surface area contributed by atoms with Crippen LogP contribution in [0.1, 0.15) is 24.8 Å². The van der Waals surface area contributed by atoms with Crippen LogP contribution in [0.15, 0.2) is 31.5 Å². The maximum atomic E-state index is 13.7. The van der Waals surface area contributed by atoms with Gasteiger partial charge in [0.2, 0.25) is 5.82 Å². The lowest BCUT2D eigenvalue weighted by atomic mass is 10.2. The lowest BCUT2D eigenvalue weighted by Gasteiger charge is -2.22. The molecule has 4 nitrogen and oxygen atoms in total. The van der Waals surface area contributed by atoms with Gasteiger partial charge in [-0.15, -0.1) is 0 Å². The van der Waals surface area contributed by atoms with E-state index in [1.807, 2.05) is 0 Å². The quantitative estimate of drug-likeness (QED) is 0.564. The number of rotatable bonds is 6. The fraction of sp³-hybridized carbons (Fsp3) is 0.471. The molecule has 0 amide bonds. The largest absolute Gasteiger partial charge is 0.473 e. The highest BCUT2D eigenvalue weighted by atomic mass is 35.5. The van der Waals surface area contributed by atoms with Gasteiger partial charge in [0.05, 0.1) is 11.6 Å². The fourth-order valence-corrected chi connectivity index (χ4v) is 1.93. The number of nitrogens with zero attached hydrogens (tertiary/aromatic N) is 1. The minimum Gasteiger partial charge on any atom is -0.473 e. The van der Waals surface area contributed by atoms with Gasteiger partial charge in [-0.25, -0.2) is 4.98 Å². The van der Waals surface area contributed by atoms with E-state index in [2.05, 4.69) is 18.1 Å². The molecule has 1 saturated heterocycles. The van der Waals surface area contributed by atoms with Crippen molar-refractivity contribution in [3.05, 3.63) is 47.9 Å². The molecule has 1 unspecified atom stereocenters. The van der Waals surface area contributed by atoms with Crippen molar-refractivity contribution in [2.75, 3.05) is 19.8 Å². The normalized spacial score (nSPS) is 16.9. The highest BCUT2D eigenvalue weighted by Crippen LogP contribution is 2.25. The van der Waals surface area contributed by atoms with E-state index in [1.54, 1.807) is 19.1 Å². The molecule has 0 aliphatic carbocycles. The van der Waals surface area contributed by atoms with E-state index in [4.69, 9.17) is 25.8 Å². The summed E-state index contributed by atoms with van der Waals surface area (Å²) in [5.74, 6) is -0.723. The summed E-state index contributed by atoms with van der Waals surface area (Å²) in [6, 6.07) is 0. The molecule has 0 saturated carbocycles. The van der Waals surface area contributed by atoms with Crippen molar-refractivity contribution in [3.8, 4) is 5.88 Å². The molecule has 1 aliphatic rings. The highest BCUT2D eigenvalue weighted by molar-refractivity contribution is 6.31. The Morgan fingerprint density at radius 1 is 1.39 bits per heavy atom. The Balaban J connectivity index is 0.000000593. The van der Waals surface area contributed by atoms with Gasteiger partial charge in [0.25, 0.3) is 5.88 Å². The van der Waals surface area contributed by atoms with Gasteiger partial charge in [0.1, 0.15) is 6.61 Å². The van der Waals surface area contributed by atoms with Crippen LogP contribution in [-0.4, -0.2) is 31.1 Å². The first-order chi connectivity index (χ1) is 11.1. The highest BCUT2D eigenvalue weighted by Gasteiger charge is 2.15. The number of pyridine rings is 1. The Kier molecular flexibility index (Phi) is 9.52. The smallest absolute Gasteiger partial charge is 0.252 e. The first kappa shape index (κ1) is 19.6. The summed E-state index contributed by atoms with van der Waals surface area (Å²) in [4.78, 5) is 3.85. The van der Waals surface area contributed by atoms with Gasteiger partial charge in [-0.05, 0) is 31.7 Å². The predicted molar refractivity (Wildman–Crippen MR) is 89.4 cm³/mol. The monoisotopic (exact) mass is 343 g/mol. The summed E-state index contributed by atoms with van der Waals surface area (Å²) in [5, 5.41) is 0.0431. The number of ether oxygens (including phenoxy) is 3. The molecular formula is C17H23ClFNO3. The van der Waals surface area contributed by atoms with Crippen LogP contribution in [0.5, 0.6) is 5.88 Å². The molecule has 2 heterocycles. The minimum absolute atomic E-state index is 0.0431. The number of hydrogen-bond acceptors (Lipinski definition) is 4. The average molecular weight is 344 g/mol. The number of aromatic nitrogens is 1. The van der Waals surface area contributed by atoms with E-state index in [0.717, 1.165) is 25.9 Å². The maximum absolute atomic E-state index is 13.7. The first-order valence-electron chi connectivity index (χ1n) is 7.50. The Morgan fingerprint density at radius 3 is 2.74 bits per heavy atom. The van der Waals surface area contributed by atoms with Crippen molar-refractivity contribution < 1.29 is 18.6 Å². The van der Waals surface area contributed by atoms with E-state index in [-0.39, 0.29) is 23.8 Å². The van der Waals surface area contributed by atoms with Gasteiger partial charge < -0.3 is 14.2 Å². The zero-order chi connectivity index (χ0) is 17.1. The SMILES string of the molecule is C=CC=C.Cc1cnc(OCCOC2CCCCO2)c(F)c1Cl. The Labute approximate surface area is 141 Å². The Hall–Kier alpha value is -1.43. The second kappa shape index (κ2) is 11.2. The van der Waals surface area contributed by atoms with E-state index in [1.165, 1.54) is 6.20 Å². The van der Waals surface area contributed by atoms with E-state index < -0.39 is 5.82 Å². The van der Waals surface area contributed by atoms with Gasteiger partial charge in [-0.3, -0.25) is 0 Å². The fourth-order valence-electron chi connectivity index (χ4n) is 1.80. The van der Waals surface area contributed by atoms with Crippen molar-refractivity contribution >= 4 is 11.6 Å². The van der Waals surface area contributed by atoms with Gasteiger partial charge in [-0.2, -0.15) is 4.39 Å². The van der Waals surface area contributed by atoms with E-state index in [0.29, 0.717) is 12.2 Å². The number of halogens is 2. The van der Waals surface area contributed by atoms with E-state index in [9.17, 15) is 4.39 Å². The number of allylic oxidation sites excluding steroid dienone is 2. The van der Waals surface area contributed by atoms with Gasteiger partial charge >= 0.3 is 0 Å². The van der Waals surface area contributed by atoms with Crippen LogP contribution in [0.4, 0.5) is 4.39 Å². The van der Waals surface area contributed by atoms with Gasteiger partial charge in [0.15, 0.2) is 6.29 Å². The van der Waals surface area contributed by atoms with Crippen molar-refractivity contribution in [2.24, 2.45) is 0 Å². The Morgan fingerprint density at radius 2 is 2.13 bits per heavy atom. The van der Waals surface area contributed by atoms with Crippen LogP contribution >= 0.6 is 11.6 Å². The zero-order valence-corrected chi connectivity index (χ0v) is 14.2. The molecule has 0 spiro atoms. The molecule has 1 aliphatic heterocycles. The maximum Gasteiger partial charge on any atom is 0.252 e. The molecule has 1 atom stereocenters. The van der Waals surface area contributed by atoms with Crippen molar-refractivity contribution in [3.63, 3.8) is 0 Å². The average Bonchev–Trinajstić information content (AvgIpc) is 2.59. The molecule has 0 bridgehead atoms. The number of aryl methyl sites for hydroxylation is 1. The lowest BCUT2D eigenvalue weighted by molar-refractivity contribution is -0.165. The van der Waals surface area contributed by atoms with Crippen LogP contribution in [0, 0.1) is 12.7 Å². The molecule has 0 radical (unpaired) electrons. The summed E-state index contributed by atoms with van der Waals surface area (Å²) >= 11 is 5.77. The van der Waals surface area contributed by atoms with Crippen molar-refractivity contribution in [2.45, 2.75) is 32.5 Å². The lowest BCUT2D eigenvalue weighted by Crippen LogP contribution is -2.24. The topological polar surface area (TPSA) is 40.6 Å². The molecule has 0 aromatic carbocycles. The molecule has 0 N–H and O–H groups in total. The van der Waals surface area contributed by atoms with Crippen LogP contribution in [0.2, 0.25) is 5.02 Å². The molecular weight excluding hydrogens is 321 g/mol. The Bertz CT molecular complexity index is 499. The predicted octanol–water partition coefficient (Wildman–Crippen LogP) is 4.46. The summed E-state index contributed by atoms with van der Waals surface area (Å²) in [6.45, 7) is 9.68. The van der Waals surface area contributed by atoms with Crippen molar-refractivity contribution in [1.82, 2.24) is 4.98 Å². The molecule has 128 valence electrons. The molecule has 6 heteroatoms. The minimum atomic E-state index is -0.629. The third-order valence-corrected chi connectivity index (χ3v) is 3.50. The summed E-state index contributed by atoms with van der Waals surface area (Å²) < 4.78 is 29.7. The summed E-state index contributed by atoms with van der Waals surface area (Å²) in [6.07, 6.45) is 7.66. The van der Waals surface area contributed by atoms with E-state index >= 15 is 0 Å². The van der Waals surface area contributed by atoms with Crippen LogP contribution < -0.4 is 4.74 Å². The van der Waals surface area contributed by atoms with Crippen molar-refractivity contribution in [1.29, 1.82) is 0 Å². The number of hydrogen-bond donors (Lipinski definition) is 0. The third kappa shape index (κ3) is 7.12. The molecule has 23 heavy (non-hydrogen) atoms. The molecule has 1 fully saturated rings. The molecule has 1 aromatic heterocycles. The third-order valence-electron chi connectivity index (χ3n) is 3.03. The van der Waals surface area contributed by atoms with Crippen LogP contribution in [-0.2, 0) is 9.47 Å². The summed E-state index contributed by atoms with van der Waals surface area (Å²) in [7, 11) is 0. The zero-order valence-electron chi connectivity index (χ0n) is 13.4. The van der Waals surface area contributed by atoms with Gasteiger partial charge in [0, 0.05) is 12.8 Å². The van der Waals surface area contributed by atoms with Crippen LogP contribution in [0.3, 0.4) is 0 Å². The molecule has 2 rings (SSSR count). The van der Waals surface area contributed by atoms with Gasteiger partial charge in [-0.1, -0.05) is 36.9 Å². The summed E-state index contributed by atoms with van der Waals surface area (Å²) in [5.41, 5.74) is 0.582. The standard InChI is InChI=1S/C13H17ClFNO3.C4H6/c1-9-8-16-13(12(15)11(9)14)19-7-6-18-10-4-2-3-5-17-10;1-3-4-2/h8,10H,2-7H2,1H3;3-4H,1-2H2. The second-order valence-corrected chi connectivity index (χ2v) is 5.24. The van der Waals surface area contributed by atoms with Crippen LogP contribution in [0.25, 0.3) is 0 Å².